The molecule has 20 heavy (non-hydrogen) atoms. The molecular weight excluding hydrogens is 244 g/mol. The van der Waals surface area contributed by atoms with Crippen molar-refractivity contribution in [2.75, 3.05) is 26.2 Å². The van der Waals surface area contributed by atoms with Crippen LogP contribution in [-0.4, -0.2) is 37.1 Å². The van der Waals surface area contributed by atoms with Crippen molar-refractivity contribution in [2.24, 2.45) is 17.3 Å². The summed E-state index contributed by atoms with van der Waals surface area (Å²) in [5, 5.41) is 3.88. The van der Waals surface area contributed by atoms with Gasteiger partial charge in [-0.25, -0.2) is 0 Å². The Hall–Kier alpha value is -0.0800. The van der Waals surface area contributed by atoms with Crippen LogP contribution >= 0.6 is 0 Å². The van der Waals surface area contributed by atoms with E-state index >= 15 is 0 Å². The second-order valence-corrected chi connectivity index (χ2v) is 7.90. The first kappa shape index (κ1) is 16.3. The molecule has 3 atom stereocenters. The zero-order valence-corrected chi connectivity index (χ0v) is 14.3. The summed E-state index contributed by atoms with van der Waals surface area (Å²) in [5.74, 6) is 1.83. The molecule has 0 radical (unpaired) electrons. The molecule has 2 nitrogen and oxygen atoms in total. The van der Waals surface area contributed by atoms with Gasteiger partial charge in [-0.05, 0) is 56.0 Å². The highest BCUT2D eigenvalue weighted by molar-refractivity contribution is 4.95. The first-order valence-corrected chi connectivity index (χ1v) is 9.02. The number of hydrogen-bond donors (Lipinski definition) is 1. The van der Waals surface area contributed by atoms with Crippen molar-refractivity contribution in [2.45, 2.75) is 72.3 Å². The molecular formula is C18H36N2. The SMILES string of the molecule is CCCNC1C(CN2CCC(CC)C2)CCCC1(C)C. The van der Waals surface area contributed by atoms with E-state index in [9.17, 15) is 0 Å². The highest BCUT2D eigenvalue weighted by atomic mass is 15.2. The van der Waals surface area contributed by atoms with E-state index in [2.05, 4.69) is 37.9 Å². The molecule has 1 N–H and O–H groups in total. The van der Waals surface area contributed by atoms with Crippen molar-refractivity contribution in [3.05, 3.63) is 0 Å². The molecule has 0 aromatic rings. The predicted molar refractivity (Wildman–Crippen MR) is 88.0 cm³/mol. The molecule has 1 heterocycles. The third kappa shape index (κ3) is 3.98. The van der Waals surface area contributed by atoms with Gasteiger partial charge in [0, 0.05) is 19.1 Å². The third-order valence-corrected chi connectivity index (χ3v) is 5.76. The van der Waals surface area contributed by atoms with Gasteiger partial charge in [-0.3, -0.25) is 0 Å². The number of hydrogen-bond acceptors (Lipinski definition) is 2. The maximum Gasteiger partial charge on any atom is 0.0159 e. The van der Waals surface area contributed by atoms with Gasteiger partial charge in [-0.2, -0.15) is 0 Å². The van der Waals surface area contributed by atoms with E-state index in [1.807, 2.05) is 0 Å². The van der Waals surface area contributed by atoms with Crippen molar-refractivity contribution in [3.63, 3.8) is 0 Å². The Kier molecular flexibility index (Phi) is 5.92. The molecule has 1 aliphatic heterocycles. The Morgan fingerprint density at radius 2 is 2.00 bits per heavy atom. The van der Waals surface area contributed by atoms with Crippen molar-refractivity contribution in [1.82, 2.24) is 10.2 Å². The van der Waals surface area contributed by atoms with E-state index < -0.39 is 0 Å². The first-order chi connectivity index (χ1) is 9.56. The highest BCUT2D eigenvalue weighted by Gasteiger charge is 2.39. The fourth-order valence-electron chi connectivity index (χ4n) is 4.46. The summed E-state index contributed by atoms with van der Waals surface area (Å²) >= 11 is 0. The van der Waals surface area contributed by atoms with Crippen molar-refractivity contribution in [1.29, 1.82) is 0 Å². The molecule has 3 unspecified atom stereocenters. The highest BCUT2D eigenvalue weighted by Crippen LogP contribution is 2.39. The molecule has 1 aliphatic carbocycles. The predicted octanol–water partition coefficient (Wildman–Crippen LogP) is 3.91. The monoisotopic (exact) mass is 280 g/mol. The van der Waals surface area contributed by atoms with Gasteiger partial charge in [0.15, 0.2) is 0 Å². The van der Waals surface area contributed by atoms with Gasteiger partial charge in [-0.1, -0.05) is 40.5 Å². The van der Waals surface area contributed by atoms with Crippen LogP contribution in [0.3, 0.4) is 0 Å². The van der Waals surface area contributed by atoms with Crippen LogP contribution in [0.25, 0.3) is 0 Å². The summed E-state index contributed by atoms with van der Waals surface area (Å²) in [6, 6.07) is 0.719. The standard InChI is InChI=1S/C18H36N2/c1-5-11-19-17-16(8-7-10-18(17,3)4)14-20-12-9-15(6-2)13-20/h15-17,19H,5-14H2,1-4H3. The van der Waals surface area contributed by atoms with Gasteiger partial charge in [0.25, 0.3) is 0 Å². The molecule has 1 saturated heterocycles. The maximum absolute atomic E-state index is 3.88. The van der Waals surface area contributed by atoms with E-state index in [4.69, 9.17) is 0 Å². The smallest absolute Gasteiger partial charge is 0.0159 e. The lowest BCUT2D eigenvalue weighted by Gasteiger charge is -2.46. The van der Waals surface area contributed by atoms with Gasteiger partial charge < -0.3 is 10.2 Å². The number of nitrogens with one attached hydrogen (secondary N) is 1. The zero-order chi connectivity index (χ0) is 14.6. The minimum Gasteiger partial charge on any atom is -0.313 e. The summed E-state index contributed by atoms with van der Waals surface area (Å²) in [6.45, 7) is 14.8. The molecule has 118 valence electrons. The number of rotatable bonds is 6. The van der Waals surface area contributed by atoms with Gasteiger partial charge in [0.05, 0.1) is 0 Å². The van der Waals surface area contributed by atoms with Gasteiger partial charge in [0.2, 0.25) is 0 Å². The number of nitrogens with zero attached hydrogens (tertiary/aromatic N) is 1. The fraction of sp³-hybridized carbons (Fsp3) is 1.00. The van der Waals surface area contributed by atoms with E-state index in [1.165, 1.54) is 64.7 Å². The summed E-state index contributed by atoms with van der Waals surface area (Å²) in [7, 11) is 0. The fourth-order valence-corrected chi connectivity index (χ4v) is 4.46. The Bertz CT molecular complexity index is 287. The average Bonchev–Trinajstić information content (AvgIpc) is 2.85. The molecule has 2 aliphatic rings. The lowest BCUT2D eigenvalue weighted by atomic mass is 9.67. The Morgan fingerprint density at radius 1 is 1.20 bits per heavy atom. The van der Waals surface area contributed by atoms with E-state index in [0.29, 0.717) is 5.41 Å². The largest absolute Gasteiger partial charge is 0.313 e. The van der Waals surface area contributed by atoms with Crippen LogP contribution in [0.5, 0.6) is 0 Å². The molecule has 0 amide bonds. The van der Waals surface area contributed by atoms with E-state index in [0.717, 1.165) is 17.9 Å². The third-order valence-electron chi connectivity index (χ3n) is 5.76. The lowest BCUT2D eigenvalue weighted by molar-refractivity contribution is 0.0839. The van der Waals surface area contributed by atoms with E-state index in [1.54, 1.807) is 0 Å². The molecule has 2 rings (SSSR count). The van der Waals surface area contributed by atoms with Crippen LogP contribution in [0.15, 0.2) is 0 Å². The second kappa shape index (κ2) is 7.26. The second-order valence-electron chi connectivity index (χ2n) is 7.90. The summed E-state index contributed by atoms with van der Waals surface area (Å²) in [6.07, 6.45) is 8.29. The average molecular weight is 280 g/mol. The van der Waals surface area contributed by atoms with Crippen LogP contribution in [0, 0.1) is 17.3 Å². The van der Waals surface area contributed by atoms with Crippen LogP contribution < -0.4 is 5.32 Å². The van der Waals surface area contributed by atoms with Crippen LogP contribution in [-0.2, 0) is 0 Å². The Morgan fingerprint density at radius 3 is 2.65 bits per heavy atom. The molecule has 0 aromatic carbocycles. The zero-order valence-electron chi connectivity index (χ0n) is 14.3. The van der Waals surface area contributed by atoms with Gasteiger partial charge >= 0.3 is 0 Å². The molecule has 2 fully saturated rings. The molecule has 1 saturated carbocycles. The Labute approximate surface area is 126 Å². The topological polar surface area (TPSA) is 15.3 Å². The minimum atomic E-state index is 0.474. The van der Waals surface area contributed by atoms with Crippen LogP contribution in [0.4, 0.5) is 0 Å². The molecule has 2 heteroatoms. The van der Waals surface area contributed by atoms with Crippen molar-refractivity contribution < 1.29 is 0 Å². The van der Waals surface area contributed by atoms with Crippen LogP contribution in [0.2, 0.25) is 0 Å². The summed E-state index contributed by atoms with van der Waals surface area (Å²) in [4.78, 5) is 2.75. The number of likely N-dealkylation sites (tertiary alicyclic amines) is 1. The van der Waals surface area contributed by atoms with Gasteiger partial charge in [-0.15, -0.1) is 0 Å². The van der Waals surface area contributed by atoms with E-state index in [-0.39, 0.29) is 0 Å². The van der Waals surface area contributed by atoms with Crippen LogP contribution in [0.1, 0.15) is 66.2 Å². The molecule has 0 aromatic heterocycles. The van der Waals surface area contributed by atoms with Crippen molar-refractivity contribution >= 4 is 0 Å². The Balaban J connectivity index is 1.93. The normalized spacial score (nSPS) is 34.5. The first-order valence-electron chi connectivity index (χ1n) is 9.02. The lowest BCUT2D eigenvalue weighted by Crippen LogP contribution is -2.52. The van der Waals surface area contributed by atoms with Crippen molar-refractivity contribution in [3.8, 4) is 0 Å². The quantitative estimate of drug-likeness (QED) is 0.793. The summed E-state index contributed by atoms with van der Waals surface area (Å²) < 4.78 is 0. The molecule has 0 bridgehead atoms. The summed E-state index contributed by atoms with van der Waals surface area (Å²) in [5.41, 5.74) is 0.474. The van der Waals surface area contributed by atoms with Gasteiger partial charge in [0.1, 0.15) is 0 Å². The minimum absolute atomic E-state index is 0.474. The maximum atomic E-state index is 3.88. The molecule has 0 spiro atoms.